The summed E-state index contributed by atoms with van der Waals surface area (Å²) in [5, 5.41) is 18.2. The molecule has 0 radical (unpaired) electrons. The lowest BCUT2D eigenvalue weighted by atomic mass is 9.77. The summed E-state index contributed by atoms with van der Waals surface area (Å²) in [4.78, 5) is 16.5. The SMILES string of the molecule is CNOC(=O)C(C)(C)Cc1cccc(B(O)O)c1. The molecule has 3 N–H and O–H groups in total. The smallest absolute Gasteiger partial charge is 0.423 e. The molecule has 0 aliphatic heterocycles. The average Bonchev–Trinajstić information content (AvgIpc) is 2.29. The summed E-state index contributed by atoms with van der Waals surface area (Å²) >= 11 is 0. The number of carbonyl (C=O) groups excluding carboxylic acids is 1. The molecule has 0 saturated heterocycles. The van der Waals surface area contributed by atoms with Gasteiger partial charge in [0.05, 0.1) is 5.41 Å². The minimum absolute atomic E-state index is 0.361. The van der Waals surface area contributed by atoms with E-state index < -0.39 is 12.5 Å². The van der Waals surface area contributed by atoms with Crippen molar-refractivity contribution in [3.8, 4) is 0 Å². The van der Waals surface area contributed by atoms with Gasteiger partial charge in [0, 0.05) is 7.05 Å². The molecule has 0 saturated carbocycles. The molecule has 5 nitrogen and oxygen atoms in total. The summed E-state index contributed by atoms with van der Waals surface area (Å²) in [6, 6.07) is 6.84. The second-order valence-electron chi connectivity index (χ2n) is 4.77. The van der Waals surface area contributed by atoms with Crippen LogP contribution in [0.4, 0.5) is 0 Å². The van der Waals surface area contributed by atoms with Gasteiger partial charge in [0.2, 0.25) is 0 Å². The van der Waals surface area contributed by atoms with Gasteiger partial charge in [-0.05, 0) is 31.3 Å². The fraction of sp³-hybridized carbons (Fsp3) is 0.417. The number of benzene rings is 1. The van der Waals surface area contributed by atoms with Gasteiger partial charge in [-0.25, -0.2) is 4.79 Å². The van der Waals surface area contributed by atoms with Crippen molar-refractivity contribution in [2.75, 3.05) is 7.05 Å². The Balaban J connectivity index is 2.83. The maximum atomic E-state index is 11.7. The first kappa shape index (κ1) is 14.7. The first-order chi connectivity index (χ1) is 8.36. The second-order valence-corrected chi connectivity index (χ2v) is 4.77. The van der Waals surface area contributed by atoms with Gasteiger partial charge < -0.3 is 14.9 Å². The van der Waals surface area contributed by atoms with Crippen LogP contribution in [0.25, 0.3) is 0 Å². The van der Waals surface area contributed by atoms with Crippen molar-refractivity contribution in [2.45, 2.75) is 20.3 Å². The summed E-state index contributed by atoms with van der Waals surface area (Å²) in [7, 11) is 0.0220. The molecule has 6 heteroatoms. The molecule has 0 fully saturated rings. The van der Waals surface area contributed by atoms with Crippen molar-refractivity contribution >= 4 is 18.6 Å². The molecule has 1 rings (SSSR count). The Morgan fingerprint density at radius 3 is 2.67 bits per heavy atom. The number of hydrogen-bond acceptors (Lipinski definition) is 5. The van der Waals surface area contributed by atoms with Crippen molar-refractivity contribution < 1.29 is 19.7 Å². The summed E-state index contributed by atoms with van der Waals surface area (Å²) in [5.74, 6) is -0.361. The minimum atomic E-state index is -1.50. The van der Waals surface area contributed by atoms with Crippen LogP contribution < -0.4 is 10.9 Å². The van der Waals surface area contributed by atoms with Crippen molar-refractivity contribution in [1.29, 1.82) is 0 Å². The van der Waals surface area contributed by atoms with Crippen molar-refractivity contribution in [1.82, 2.24) is 5.48 Å². The average molecular weight is 251 g/mol. The lowest BCUT2D eigenvalue weighted by Gasteiger charge is -2.22. The highest BCUT2D eigenvalue weighted by atomic mass is 16.7. The van der Waals surface area contributed by atoms with Crippen LogP contribution in [-0.4, -0.2) is 30.2 Å². The highest BCUT2D eigenvalue weighted by Gasteiger charge is 2.30. The quantitative estimate of drug-likeness (QED) is 0.490. The van der Waals surface area contributed by atoms with E-state index in [1.165, 1.54) is 7.05 Å². The summed E-state index contributed by atoms with van der Waals surface area (Å²) < 4.78 is 0. The van der Waals surface area contributed by atoms with Crippen LogP contribution in [0, 0.1) is 5.41 Å². The van der Waals surface area contributed by atoms with Gasteiger partial charge in [-0.3, -0.25) is 0 Å². The largest absolute Gasteiger partial charge is 0.488 e. The fourth-order valence-electron chi connectivity index (χ4n) is 1.68. The number of carbonyl (C=O) groups is 1. The van der Waals surface area contributed by atoms with Crippen LogP contribution in [-0.2, 0) is 16.1 Å². The van der Waals surface area contributed by atoms with Gasteiger partial charge in [-0.15, -0.1) is 0 Å². The minimum Gasteiger partial charge on any atom is -0.423 e. The molecule has 0 unspecified atom stereocenters. The molecule has 1 aromatic carbocycles. The Kier molecular flexibility index (Phi) is 4.89. The van der Waals surface area contributed by atoms with E-state index in [-0.39, 0.29) is 5.97 Å². The van der Waals surface area contributed by atoms with E-state index in [1.807, 2.05) is 6.07 Å². The molecule has 0 bridgehead atoms. The third-order valence-corrected chi connectivity index (χ3v) is 2.64. The maximum Gasteiger partial charge on any atom is 0.488 e. The fourth-order valence-corrected chi connectivity index (χ4v) is 1.68. The molecule has 0 aromatic heterocycles. The summed E-state index contributed by atoms with van der Waals surface area (Å²) in [6.07, 6.45) is 0.452. The molecule has 0 heterocycles. The van der Waals surface area contributed by atoms with Crippen LogP contribution in [0.3, 0.4) is 0 Å². The summed E-state index contributed by atoms with van der Waals surface area (Å²) in [5.41, 5.74) is 2.92. The first-order valence-electron chi connectivity index (χ1n) is 5.70. The maximum absolute atomic E-state index is 11.7. The van der Waals surface area contributed by atoms with Gasteiger partial charge in [-0.1, -0.05) is 24.3 Å². The zero-order valence-electron chi connectivity index (χ0n) is 10.8. The lowest BCUT2D eigenvalue weighted by molar-refractivity contribution is -0.160. The van der Waals surface area contributed by atoms with E-state index >= 15 is 0 Å². The molecule has 0 aliphatic rings. The van der Waals surface area contributed by atoms with E-state index in [0.717, 1.165) is 5.56 Å². The van der Waals surface area contributed by atoms with Crippen molar-refractivity contribution in [3.05, 3.63) is 29.8 Å². The van der Waals surface area contributed by atoms with Crippen LogP contribution in [0.1, 0.15) is 19.4 Å². The zero-order chi connectivity index (χ0) is 13.8. The van der Waals surface area contributed by atoms with E-state index in [0.29, 0.717) is 11.9 Å². The molecular weight excluding hydrogens is 233 g/mol. The Hall–Kier alpha value is -1.37. The van der Waals surface area contributed by atoms with Crippen LogP contribution in [0.5, 0.6) is 0 Å². The van der Waals surface area contributed by atoms with E-state index in [2.05, 4.69) is 5.48 Å². The molecule has 0 amide bonds. The molecular formula is C12H18BNO4. The Morgan fingerprint density at radius 1 is 1.44 bits per heavy atom. The van der Waals surface area contributed by atoms with Gasteiger partial charge in [0.1, 0.15) is 0 Å². The monoisotopic (exact) mass is 251 g/mol. The predicted octanol–water partition coefficient (Wildman–Crippen LogP) is -0.387. The first-order valence-corrected chi connectivity index (χ1v) is 5.70. The third-order valence-electron chi connectivity index (χ3n) is 2.64. The topological polar surface area (TPSA) is 78.8 Å². The van der Waals surface area contributed by atoms with Crippen LogP contribution in [0.2, 0.25) is 0 Å². The molecule has 0 aliphatic carbocycles. The number of rotatable bonds is 5. The number of hydroxylamine groups is 1. The van der Waals surface area contributed by atoms with Gasteiger partial charge in [-0.2, -0.15) is 5.48 Å². The van der Waals surface area contributed by atoms with E-state index in [1.54, 1.807) is 32.0 Å². The van der Waals surface area contributed by atoms with Gasteiger partial charge >= 0.3 is 13.1 Å². The Bertz CT molecular complexity index is 420. The summed E-state index contributed by atoms with van der Waals surface area (Å²) in [6.45, 7) is 3.55. The molecule has 18 heavy (non-hydrogen) atoms. The van der Waals surface area contributed by atoms with Crippen LogP contribution in [0.15, 0.2) is 24.3 Å². The van der Waals surface area contributed by atoms with E-state index in [4.69, 9.17) is 14.9 Å². The van der Waals surface area contributed by atoms with Crippen molar-refractivity contribution in [2.24, 2.45) is 5.41 Å². The predicted molar refractivity (Wildman–Crippen MR) is 68.9 cm³/mol. The Morgan fingerprint density at radius 2 is 2.11 bits per heavy atom. The highest BCUT2D eigenvalue weighted by molar-refractivity contribution is 6.58. The number of hydrogen-bond donors (Lipinski definition) is 3. The molecule has 98 valence electrons. The molecule has 0 spiro atoms. The number of nitrogens with one attached hydrogen (secondary N) is 1. The van der Waals surface area contributed by atoms with Crippen LogP contribution >= 0.6 is 0 Å². The highest BCUT2D eigenvalue weighted by Crippen LogP contribution is 2.22. The standard InChI is InChI=1S/C12H18BNO4/c1-12(2,11(15)18-14-3)8-9-5-4-6-10(7-9)13(16)17/h4-7,14,16-17H,8H2,1-3H3. The zero-order valence-corrected chi connectivity index (χ0v) is 10.8. The van der Waals surface area contributed by atoms with Gasteiger partial charge in [0.25, 0.3) is 0 Å². The van der Waals surface area contributed by atoms with Gasteiger partial charge in [0.15, 0.2) is 0 Å². The normalized spacial score (nSPS) is 11.2. The molecule has 1 aromatic rings. The Labute approximate surface area is 107 Å². The van der Waals surface area contributed by atoms with Crippen molar-refractivity contribution in [3.63, 3.8) is 0 Å². The third kappa shape index (κ3) is 3.84. The molecule has 0 atom stereocenters. The second kappa shape index (κ2) is 5.99. The van der Waals surface area contributed by atoms with E-state index in [9.17, 15) is 4.79 Å². The lowest BCUT2D eigenvalue weighted by Crippen LogP contribution is -2.33.